The van der Waals surface area contributed by atoms with Crippen LogP contribution in [0.1, 0.15) is 0 Å². The molecule has 0 saturated heterocycles. The van der Waals surface area contributed by atoms with Crippen LogP contribution < -0.4 is 0 Å². The average Bonchev–Trinajstić information content (AvgIpc) is 3.34. The van der Waals surface area contributed by atoms with Gasteiger partial charge in [0.15, 0.2) is 0 Å². The van der Waals surface area contributed by atoms with Crippen molar-refractivity contribution in [2.24, 2.45) is 0 Å². The molecule has 0 spiro atoms. The van der Waals surface area contributed by atoms with Crippen molar-refractivity contribution in [2.45, 2.75) is 0 Å². The van der Waals surface area contributed by atoms with Gasteiger partial charge in [0.05, 0.1) is 27.9 Å². The zero-order valence-electron chi connectivity index (χ0n) is 21.1. The molecule has 3 aromatic heterocycles. The lowest BCUT2D eigenvalue weighted by molar-refractivity contribution is 1.18. The smallest absolute Gasteiger partial charge is 0.0781 e. The molecule has 0 aliphatic rings. The molecule has 0 bridgehead atoms. The second-order valence-corrected chi connectivity index (χ2v) is 9.90. The van der Waals surface area contributed by atoms with E-state index < -0.39 is 0 Å². The highest BCUT2D eigenvalue weighted by molar-refractivity contribution is 6.10. The van der Waals surface area contributed by atoms with Crippen LogP contribution in [-0.2, 0) is 0 Å². The van der Waals surface area contributed by atoms with Crippen LogP contribution in [0.15, 0.2) is 140 Å². The first-order valence-electron chi connectivity index (χ1n) is 13.2. The lowest BCUT2D eigenvalue weighted by Gasteiger charge is -2.11. The Morgan fingerprint density at radius 1 is 0.487 bits per heavy atom. The van der Waals surface area contributed by atoms with E-state index in [4.69, 9.17) is 9.97 Å². The van der Waals surface area contributed by atoms with Crippen LogP contribution in [0.3, 0.4) is 0 Å². The Bertz CT molecular complexity index is 2180. The Labute approximate surface area is 225 Å². The first kappa shape index (κ1) is 21.8. The molecule has 0 atom stereocenters. The van der Waals surface area contributed by atoms with Gasteiger partial charge in [0.2, 0.25) is 0 Å². The number of benzene rings is 5. The zero-order chi connectivity index (χ0) is 25.8. The third-order valence-electron chi connectivity index (χ3n) is 7.62. The molecule has 182 valence electrons. The Morgan fingerprint density at radius 2 is 1.28 bits per heavy atom. The Balaban J connectivity index is 1.36. The highest BCUT2D eigenvalue weighted by Gasteiger charge is 2.15. The van der Waals surface area contributed by atoms with Crippen molar-refractivity contribution in [3.8, 4) is 28.2 Å². The predicted octanol–water partition coefficient (Wildman–Crippen LogP) is 9.21. The Kier molecular flexibility index (Phi) is 4.82. The summed E-state index contributed by atoms with van der Waals surface area (Å²) in [4.78, 5) is 9.76. The molecule has 3 nitrogen and oxygen atoms in total. The van der Waals surface area contributed by atoms with Crippen molar-refractivity contribution in [2.75, 3.05) is 0 Å². The van der Waals surface area contributed by atoms with Gasteiger partial charge in [0, 0.05) is 44.6 Å². The van der Waals surface area contributed by atoms with Gasteiger partial charge < -0.3 is 4.57 Å². The summed E-state index contributed by atoms with van der Waals surface area (Å²) in [6.07, 6.45) is 1.90. The first-order chi connectivity index (χ1) is 19.3. The summed E-state index contributed by atoms with van der Waals surface area (Å²) in [7, 11) is 0. The molecular formula is C36H23N3. The minimum absolute atomic E-state index is 0.969. The Hall–Kier alpha value is -5.28. The molecular weight excluding hydrogens is 474 g/mol. The number of hydrogen-bond acceptors (Lipinski definition) is 2. The molecule has 8 rings (SSSR count). The van der Waals surface area contributed by atoms with E-state index in [2.05, 4.69) is 132 Å². The Morgan fingerprint density at radius 3 is 2.23 bits per heavy atom. The van der Waals surface area contributed by atoms with E-state index >= 15 is 0 Å². The summed E-state index contributed by atoms with van der Waals surface area (Å²) < 4.78 is 2.36. The summed E-state index contributed by atoms with van der Waals surface area (Å²) >= 11 is 0. The fourth-order valence-corrected chi connectivity index (χ4v) is 5.78. The standard InChI is InChI=1S/C36H23N3/c1-3-12-29-24(8-1)20-21-37-36(29)27-16-18-31-30-13-4-6-15-34(30)39(35(31)23-27)28-11-7-10-26(22-28)33-19-17-25-9-2-5-14-32(25)38-33/h1-23H. The highest BCUT2D eigenvalue weighted by Crippen LogP contribution is 2.36. The normalized spacial score (nSPS) is 11.6. The number of para-hydroxylation sites is 2. The maximum atomic E-state index is 4.96. The van der Waals surface area contributed by atoms with Crippen LogP contribution in [0.4, 0.5) is 0 Å². The van der Waals surface area contributed by atoms with Crippen LogP contribution in [0.5, 0.6) is 0 Å². The molecule has 0 N–H and O–H groups in total. The largest absolute Gasteiger partial charge is 0.309 e. The number of rotatable bonds is 3. The van der Waals surface area contributed by atoms with Crippen molar-refractivity contribution >= 4 is 43.5 Å². The number of aromatic nitrogens is 3. The number of nitrogens with zero attached hydrogens (tertiary/aromatic N) is 3. The molecule has 0 amide bonds. The van der Waals surface area contributed by atoms with Gasteiger partial charge >= 0.3 is 0 Å². The lowest BCUT2D eigenvalue weighted by atomic mass is 10.0. The summed E-state index contributed by atoms with van der Waals surface area (Å²) in [5, 5.41) is 5.96. The molecule has 0 radical (unpaired) electrons. The van der Waals surface area contributed by atoms with Gasteiger partial charge in [-0.15, -0.1) is 0 Å². The molecule has 3 heterocycles. The molecule has 0 fully saturated rings. The topological polar surface area (TPSA) is 30.7 Å². The van der Waals surface area contributed by atoms with E-state index in [1.165, 1.54) is 21.7 Å². The third kappa shape index (κ3) is 3.52. The maximum absolute atomic E-state index is 4.96. The van der Waals surface area contributed by atoms with Crippen molar-refractivity contribution in [3.63, 3.8) is 0 Å². The van der Waals surface area contributed by atoms with E-state index in [1.54, 1.807) is 0 Å². The second kappa shape index (κ2) is 8.64. The quantitative estimate of drug-likeness (QED) is 0.244. The summed E-state index contributed by atoms with van der Waals surface area (Å²) in [5.74, 6) is 0. The van der Waals surface area contributed by atoms with Crippen LogP contribution in [0.25, 0.3) is 71.7 Å². The van der Waals surface area contributed by atoms with Gasteiger partial charge in [0.25, 0.3) is 0 Å². The van der Waals surface area contributed by atoms with Crippen molar-refractivity contribution in [3.05, 3.63) is 140 Å². The SMILES string of the molecule is c1cc(-c2ccc3ccccc3n2)cc(-n2c3ccccc3c3ccc(-c4nccc5ccccc45)cc32)c1. The van der Waals surface area contributed by atoms with Crippen molar-refractivity contribution in [1.82, 2.24) is 14.5 Å². The number of pyridine rings is 2. The molecule has 0 aliphatic heterocycles. The third-order valence-corrected chi connectivity index (χ3v) is 7.62. The minimum atomic E-state index is 0.969. The minimum Gasteiger partial charge on any atom is -0.309 e. The van der Waals surface area contributed by atoms with E-state index in [-0.39, 0.29) is 0 Å². The molecule has 8 aromatic rings. The van der Waals surface area contributed by atoms with Gasteiger partial charge in [-0.2, -0.15) is 0 Å². The van der Waals surface area contributed by atoms with Crippen molar-refractivity contribution < 1.29 is 0 Å². The predicted molar refractivity (Wildman–Crippen MR) is 162 cm³/mol. The monoisotopic (exact) mass is 497 g/mol. The fourth-order valence-electron chi connectivity index (χ4n) is 5.78. The molecule has 0 aliphatic carbocycles. The summed E-state index contributed by atoms with van der Waals surface area (Å²) in [6, 6.07) is 47.1. The van der Waals surface area contributed by atoms with E-state index in [1.807, 2.05) is 12.3 Å². The van der Waals surface area contributed by atoms with Crippen molar-refractivity contribution in [1.29, 1.82) is 0 Å². The van der Waals surface area contributed by atoms with Crippen LogP contribution >= 0.6 is 0 Å². The number of fused-ring (bicyclic) bond motifs is 5. The van der Waals surface area contributed by atoms with Gasteiger partial charge in [-0.3, -0.25) is 4.98 Å². The molecule has 5 aromatic carbocycles. The lowest BCUT2D eigenvalue weighted by Crippen LogP contribution is -1.95. The van der Waals surface area contributed by atoms with E-state index in [0.29, 0.717) is 0 Å². The van der Waals surface area contributed by atoms with E-state index in [9.17, 15) is 0 Å². The van der Waals surface area contributed by atoms with Gasteiger partial charge in [0.1, 0.15) is 0 Å². The van der Waals surface area contributed by atoms with Crippen LogP contribution in [0.2, 0.25) is 0 Å². The summed E-state index contributed by atoms with van der Waals surface area (Å²) in [5.41, 5.74) is 8.62. The van der Waals surface area contributed by atoms with Crippen LogP contribution in [-0.4, -0.2) is 14.5 Å². The summed E-state index contributed by atoms with van der Waals surface area (Å²) in [6.45, 7) is 0. The highest BCUT2D eigenvalue weighted by atomic mass is 15.0. The molecule has 39 heavy (non-hydrogen) atoms. The second-order valence-electron chi connectivity index (χ2n) is 9.90. The average molecular weight is 498 g/mol. The van der Waals surface area contributed by atoms with E-state index in [0.717, 1.165) is 50.0 Å². The first-order valence-corrected chi connectivity index (χ1v) is 13.2. The number of hydrogen-bond donors (Lipinski definition) is 0. The van der Waals surface area contributed by atoms with Gasteiger partial charge in [-0.1, -0.05) is 91.0 Å². The van der Waals surface area contributed by atoms with Crippen LogP contribution in [0, 0.1) is 0 Å². The molecule has 3 heteroatoms. The zero-order valence-corrected chi connectivity index (χ0v) is 21.1. The van der Waals surface area contributed by atoms with Gasteiger partial charge in [-0.25, -0.2) is 4.98 Å². The molecule has 0 unspecified atom stereocenters. The molecule has 0 saturated carbocycles. The fraction of sp³-hybridized carbons (Fsp3) is 0. The maximum Gasteiger partial charge on any atom is 0.0781 e. The van der Waals surface area contributed by atoms with Gasteiger partial charge in [-0.05, 0) is 47.9 Å².